The third-order valence-corrected chi connectivity index (χ3v) is 4.29. The minimum Gasteiger partial charge on any atom is -0.496 e. The summed E-state index contributed by atoms with van der Waals surface area (Å²) in [7, 11) is 4.54. The van der Waals surface area contributed by atoms with E-state index in [1.165, 1.54) is 14.2 Å². The quantitative estimate of drug-likeness (QED) is 0.245. The van der Waals surface area contributed by atoms with E-state index in [1.54, 1.807) is 19.2 Å². The van der Waals surface area contributed by atoms with Gasteiger partial charge in [-0.05, 0) is 36.8 Å². The van der Waals surface area contributed by atoms with Crippen LogP contribution in [0, 0.1) is 0 Å². The topological polar surface area (TPSA) is 90.4 Å². The third kappa shape index (κ3) is 7.82. The molecule has 0 aliphatic carbocycles. The van der Waals surface area contributed by atoms with Crippen LogP contribution in [0.4, 0.5) is 5.69 Å². The number of hydrogen-bond acceptors (Lipinski definition) is 6. The number of nitrogens with one attached hydrogen (secondary N) is 2. The largest absolute Gasteiger partial charge is 0.496 e. The summed E-state index contributed by atoms with van der Waals surface area (Å²) >= 11 is 0. The molecule has 8 heteroatoms. The van der Waals surface area contributed by atoms with Crippen LogP contribution >= 0.6 is 0 Å². The van der Waals surface area contributed by atoms with Gasteiger partial charge in [0.2, 0.25) is 0 Å². The Morgan fingerprint density at radius 2 is 1.90 bits per heavy atom. The molecule has 2 rings (SSSR count). The summed E-state index contributed by atoms with van der Waals surface area (Å²) in [5.41, 5.74) is 2.14. The highest BCUT2D eigenvalue weighted by molar-refractivity contribution is 5.94. The summed E-state index contributed by atoms with van der Waals surface area (Å²) in [6.07, 6.45) is 0.830. The molecule has 0 saturated heterocycles. The summed E-state index contributed by atoms with van der Waals surface area (Å²) < 4.78 is 20.9. The van der Waals surface area contributed by atoms with E-state index in [1.807, 2.05) is 37.3 Å². The number of carbonyl (C=O) groups is 1. The van der Waals surface area contributed by atoms with Crippen LogP contribution in [-0.2, 0) is 16.0 Å². The molecule has 0 aliphatic heterocycles. The third-order valence-electron chi connectivity index (χ3n) is 4.29. The fourth-order valence-electron chi connectivity index (χ4n) is 2.78. The van der Waals surface area contributed by atoms with Crippen LogP contribution in [0.15, 0.2) is 47.5 Å². The average molecular weight is 430 g/mol. The minimum absolute atomic E-state index is 0.380. The summed E-state index contributed by atoms with van der Waals surface area (Å²) in [5.74, 6) is 1.43. The van der Waals surface area contributed by atoms with Crippen LogP contribution in [-0.4, -0.2) is 53.0 Å². The van der Waals surface area contributed by atoms with E-state index in [0.29, 0.717) is 43.6 Å². The van der Waals surface area contributed by atoms with Crippen molar-refractivity contribution in [3.8, 4) is 11.5 Å². The predicted octanol–water partition coefficient (Wildman–Crippen LogP) is 3.47. The van der Waals surface area contributed by atoms with Crippen molar-refractivity contribution in [2.45, 2.75) is 19.9 Å². The molecule has 168 valence electrons. The van der Waals surface area contributed by atoms with Crippen LogP contribution in [0.25, 0.3) is 0 Å². The smallest absolute Gasteiger partial charge is 0.341 e. The van der Waals surface area contributed by atoms with Crippen molar-refractivity contribution in [1.82, 2.24) is 5.32 Å². The Bertz CT molecular complexity index is 870. The Morgan fingerprint density at radius 3 is 2.61 bits per heavy atom. The molecule has 0 spiro atoms. The molecule has 2 aromatic carbocycles. The van der Waals surface area contributed by atoms with Crippen molar-refractivity contribution < 1.29 is 23.7 Å². The molecule has 31 heavy (non-hydrogen) atoms. The van der Waals surface area contributed by atoms with Crippen LogP contribution in [0.2, 0.25) is 0 Å². The Kier molecular flexibility index (Phi) is 10.2. The first kappa shape index (κ1) is 24.0. The fourth-order valence-corrected chi connectivity index (χ4v) is 2.78. The van der Waals surface area contributed by atoms with Gasteiger partial charge in [0.05, 0.1) is 27.4 Å². The molecule has 0 radical (unpaired) electrons. The number of hydrogen-bond donors (Lipinski definition) is 2. The maximum atomic E-state index is 11.8. The van der Waals surface area contributed by atoms with E-state index in [9.17, 15) is 4.79 Å². The Morgan fingerprint density at radius 1 is 1.06 bits per heavy atom. The van der Waals surface area contributed by atoms with Gasteiger partial charge in [0.15, 0.2) is 5.96 Å². The predicted molar refractivity (Wildman–Crippen MR) is 121 cm³/mol. The lowest BCUT2D eigenvalue weighted by Gasteiger charge is -2.13. The Balaban J connectivity index is 2.08. The van der Waals surface area contributed by atoms with Crippen molar-refractivity contribution in [1.29, 1.82) is 0 Å². The molecule has 0 aromatic heterocycles. The molecule has 8 nitrogen and oxygen atoms in total. The number of ether oxygens (including phenoxy) is 4. The summed E-state index contributed by atoms with van der Waals surface area (Å²) in [6, 6.07) is 13.0. The lowest BCUT2D eigenvalue weighted by Crippen LogP contribution is -2.30. The average Bonchev–Trinajstić information content (AvgIpc) is 2.80. The molecule has 0 unspecified atom stereocenters. The normalized spacial score (nSPS) is 11.0. The van der Waals surface area contributed by atoms with Crippen LogP contribution < -0.4 is 20.1 Å². The molecule has 0 heterocycles. The van der Waals surface area contributed by atoms with Gasteiger partial charge in [-0.2, -0.15) is 0 Å². The SMILES string of the molecule is CCNC(=NCc1ccc(C(=O)OC)c(OC)c1)Nc1cccc(OCCCOC)c1. The molecule has 0 aliphatic rings. The van der Waals surface area contributed by atoms with E-state index in [0.717, 1.165) is 23.4 Å². The molecule has 0 saturated carbocycles. The number of guanidine groups is 1. The van der Waals surface area contributed by atoms with Crippen molar-refractivity contribution >= 4 is 17.6 Å². The van der Waals surface area contributed by atoms with E-state index >= 15 is 0 Å². The monoisotopic (exact) mass is 429 g/mol. The van der Waals surface area contributed by atoms with Gasteiger partial charge >= 0.3 is 5.97 Å². The second kappa shape index (κ2) is 13.1. The van der Waals surface area contributed by atoms with Gasteiger partial charge in [0.25, 0.3) is 0 Å². The highest BCUT2D eigenvalue weighted by Crippen LogP contribution is 2.22. The Labute approximate surface area is 183 Å². The molecular weight excluding hydrogens is 398 g/mol. The number of esters is 1. The highest BCUT2D eigenvalue weighted by Gasteiger charge is 2.13. The Hall–Kier alpha value is -3.26. The number of rotatable bonds is 11. The van der Waals surface area contributed by atoms with Crippen LogP contribution in [0.1, 0.15) is 29.3 Å². The zero-order valence-corrected chi connectivity index (χ0v) is 18.6. The molecular formula is C23H31N3O5. The van der Waals surface area contributed by atoms with E-state index < -0.39 is 5.97 Å². The molecule has 0 amide bonds. The van der Waals surface area contributed by atoms with Gasteiger partial charge in [-0.3, -0.25) is 0 Å². The van der Waals surface area contributed by atoms with E-state index in [2.05, 4.69) is 15.6 Å². The zero-order valence-electron chi connectivity index (χ0n) is 18.6. The van der Waals surface area contributed by atoms with Gasteiger partial charge in [-0.1, -0.05) is 12.1 Å². The molecule has 2 aromatic rings. The van der Waals surface area contributed by atoms with E-state index in [4.69, 9.17) is 18.9 Å². The molecule has 2 N–H and O–H groups in total. The number of anilines is 1. The summed E-state index contributed by atoms with van der Waals surface area (Å²) in [5, 5.41) is 6.51. The second-order valence-corrected chi connectivity index (χ2v) is 6.57. The molecule has 0 atom stereocenters. The number of benzene rings is 2. The first-order valence-electron chi connectivity index (χ1n) is 10.1. The minimum atomic E-state index is -0.439. The van der Waals surface area contributed by atoms with Crippen molar-refractivity contribution in [3.63, 3.8) is 0 Å². The van der Waals surface area contributed by atoms with E-state index in [-0.39, 0.29) is 0 Å². The van der Waals surface area contributed by atoms with Crippen molar-refractivity contribution in [2.24, 2.45) is 4.99 Å². The number of carbonyl (C=O) groups excluding carboxylic acids is 1. The number of nitrogens with zero attached hydrogens (tertiary/aromatic N) is 1. The highest BCUT2D eigenvalue weighted by atomic mass is 16.5. The van der Waals surface area contributed by atoms with Gasteiger partial charge in [-0.15, -0.1) is 0 Å². The van der Waals surface area contributed by atoms with Crippen LogP contribution in [0.5, 0.6) is 11.5 Å². The lowest BCUT2D eigenvalue weighted by molar-refractivity contribution is 0.0597. The van der Waals surface area contributed by atoms with Gasteiger partial charge in [0.1, 0.15) is 17.1 Å². The van der Waals surface area contributed by atoms with Crippen molar-refractivity contribution in [2.75, 3.05) is 46.4 Å². The first-order valence-corrected chi connectivity index (χ1v) is 10.1. The van der Waals surface area contributed by atoms with Gasteiger partial charge in [-0.25, -0.2) is 9.79 Å². The fraction of sp³-hybridized carbons (Fsp3) is 0.391. The van der Waals surface area contributed by atoms with Crippen LogP contribution in [0.3, 0.4) is 0 Å². The summed E-state index contributed by atoms with van der Waals surface area (Å²) in [4.78, 5) is 16.4. The summed E-state index contributed by atoms with van der Waals surface area (Å²) in [6.45, 7) is 4.38. The first-order chi connectivity index (χ1) is 15.1. The molecule has 0 fully saturated rings. The number of methoxy groups -OCH3 is 3. The maximum absolute atomic E-state index is 11.8. The van der Waals surface area contributed by atoms with Crippen molar-refractivity contribution in [3.05, 3.63) is 53.6 Å². The maximum Gasteiger partial charge on any atom is 0.341 e. The lowest BCUT2D eigenvalue weighted by atomic mass is 10.1. The standard InChI is InChI=1S/C23H31N3O5/c1-5-24-23(26-18-8-6-9-19(15-18)31-13-7-12-28-2)25-16-17-10-11-20(22(27)30-4)21(14-17)29-3/h6,8-11,14-15H,5,7,12-13,16H2,1-4H3,(H2,24,25,26). The van der Waals surface area contributed by atoms with Gasteiger partial charge < -0.3 is 29.6 Å². The van der Waals surface area contributed by atoms with Gasteiger partial charge in [0, 0.05) is 38.4 Å². The second-order valence-electron chi connectivity index (χ2n) is 6.57. The molecule has 0 bridgehead atoms. The zero-order chi connectivity index (χ0) is 22.5. The number of aliphatic imine (C=N–C) groups is 1.